The summed E-state index contributed by atoms with van der Waals surface area (Å²) in [5.41, 5.74) is 0.590. The molecule has 0 bridgehead atoms. The first kappa shape index (κ1) is 11.1. The minimum atomic E-state index is -0.287. The van der Waals surface area contributed by atoms with Gasteiger partial charge in [0.25, 0.3) is 0 Å². The van der Waals surface area contributed by atoms with Gasteiger partial charge < -0.3 is 4.74 Å². The summed E-state index contributed by atoms with van der Waals surface area (Å²) < 4.78 is 19.4. The Hall–Kier alpha value is -1.42. The van der Waals surface area contributed by atoms with E-state index >= 15 is 0 Å². The van der Waals surface area contributed by atoms with E-state index in [0.29, 0.717) is 17.2 Å². The molecule has 16 heavy (non-hydrogen) atoms. The highest BCUT2D eigenvalue weighted by atomic mass is 79.9. The molecule has 2 rings (SSSR count). The molecular weight excluding hydrogens is 273 g/mol. The van der Waals surface area contributed by atoms with E-state index in [9.17, 15) is 4.39 Å². The maximum Gasteiger partial charge on any atom is 0.233 e. The molecule has 1 aromatic carbocycles. The number of rotatable bonds is 2. The Kier molecular flexibility index (Phi) is 3.19. The standard InChI is InChI=1S/C12H9BrFNO/c1-8-4-5-9(7-11(8)14)16-12-10(13)3-2-6-15-12/h2-7H,1H3. The lowest BCUT2D eigenvalue weighted by molar-refractivity contribution is 0.454. The van der Waals surface area contributed by atoms with Crippen LogP contribution in [0.25, 0.3) is 0 Å². The zero-order valence-corrected chi connectivity index (χ0v) is 10.2. The molecule has 2 aromatic rings. The van der Waals surface area contributed by atoms with Crippen molar-refractivity contribution in [3.63, 3.8) is 0 Å². The molecule has 1 aromatic heterocycles. The van der Waals surface area contributed by atoms with E-state index in [2.05, 4.69) is 20.9 Å². The van der Waals surface area contributed by atoms with Crippen molar-refractivity contribution in [2.75, 3.05) is 0 Å². The number of pyridine rings is 1. The highest BCUT2D eigenvalue weighted by molar-refractivity contribution is 9.10. The van der Waals surface area contributed by atoms with Gasteiger partial charge in [-0.3, -0.25) is 0 Å². The lowest BCUT2D eigenvalue weighted by Crippen LogP contribution is -1.90. The van der Waals surface area contributed by atoms with Gasteiger partial charge in [-0.15, -0.1) is 0 Å². The van der Waals surface area contributed by atoms with E-state index in [1.165, 1.54) is 6.07 Å². The van der Waals surface area contributed by atoms with Crippen LogP contribution in [0.3, 0.4) is 0 Å². The van der Waals surface area contributed by atoms with Gasteiger partial charge in [0.15, 0.2) is 0 Å². The highest BCUT2D eigenvalue weighted by Crippen LogP contribution is 2.27. The van der Waals surface area contributed by atoms with E-state index in [4.69, 9.17) is 4.74 Å². The second-order valence-electron chi connectivity index (χ2n) is 3.30. The number of nitrogens with zero attached hydrogens (tertiary/aromatic N) is 1. The zero-order chi connectivity index (χ0) is 11.5. The van der Waals surface area contributed by atoms with E-state index < -0.39 is 0 Å². The van der Waals surface area contributed by atoms with Gasteiger partial charge in [-0.05, 0) is 46.6 Å². The number of aromatic nitrogens is 1. The summed E-state index contributed by atoms with van der Waals surface area (Å²) in [6, 6.07) is 8.32. The Morgan fingerprint density at radius 2 is 2.12 bits per heavy atom. The monoisotopic (exact) mass is 281 g/mol. The van der Waals surface area contributed by atoms with Crippen LogP contribution in [0.5, 0.6) is 11.6 Å². The molecule has 0 atom stereocenters. The average molecular weight is 282 g/mol. The van der Waals surface area contributed by atoms with Crippen LogP contribution in [0, 0.1) is 12.7 Å². The third kappa shape index (κ3) is 2.39. The topological polar surface area (TPSA) is 22.1 Å². The molecule has 4 heteroatoms. The van der Waals surface area contributed by atoms with Gasteiger partial charge in [0.2, 0.25) is 5.88 Å². The van der Waals surface area contributed by atoms with E-state index in [0.717, 1.165) is 4.47 Å². The minimum absolute atomic E-state index is 0.287. The summed E-state index contributed by atoms with van der Waals surface area (Å²) in [6.07, 6.45) is 1.62. The largest absolute Gasteiger partial charge is 0.438 e. The number of aryl methyl sites for hydroxylation is 1. The Labute approximate surface area is 101 Å². The molecule has 82 valence electrons. The number of hydrogen-bond donors (Lipinski definition) is 0. The molecule has 0 aliphatic carbocycles. The van der Waals surface area contributed by atoms with Crippen molar-refractivity contribution in [1.82, 2.24) is 4.98 Å². The van der Waals surface area contributed by atoms with Gasteiger partial charge in [0.1, 0.15) is 11.6 Å². The Bertz CT molecular complexity index is 516. The maximum atomic E-state index is 13.3. The molecule has 0 saturated heterocycles. The number of hydrogen-bond acceptors (Lipinski definition) is 2. The second-order valence-corrected chi connectivity index (χ2v) is 4.16. The predicted molar refractivity (Wildman–Crippen MR) is 63.1 cm³/mol. The molecule has 0 amide bonds. The van der Waals surface area contributed by atoms with E-state index in [1.54, 1.807) is 31.3 Å². The molecule has 0 unspecified atom stereocenters. The summed E-state index contributed by atoms with van der Waals surface area (Å²) in [7, 11) is 0. The summed E-state index contributed by atoms with van der Waals surface area (Å²) >= 11 is 3.31. The van der Waals surface area contributed by atoms with Gasteiger partial charge in [-0.2, -0.15) is 0 Å². The maximum absolute atomic E-state index is 13.3. The fourth-order valence-electron chi connectivity index (χ4n) is 1.20. The normalized spacial score (nSPS) is 10.2. The van der Waals surface area contributed by atoms with Crippen LogP contribution in [0.1, 0.15) is 5.56 Å². The molecule has 0 fully saturated rings. The summed E-state index contributed by atoms with van der Waals surface area (Å²) in [6.45, 7) is 1.70. The third-order valence-electron chi connectivity index (χ3n) is 2.08. The van der Waals surface area contributed by atoms with Crippen LogP contribution in [-0.4, -0.2) is 4.98 Å². The van der Waals surface area contributed by atoms with E-state index in [-0.39, 0.29) is 5.82 Å². The Morgan fingerprint density at radius 1 is 1.31 bits per heavy atom. The Balaban J connectivity index is 2.28. The molecule has 1 heterocycles. The first-order chi connectivity index (χ1) is 7.66. The lowest BCUT2D eigenvalue weighted by Gasteiger charge is -2.06. The van der Waals surface area contributed by atoms with Crippen LogP contribution in [0.4, 0.5) is 4.39 Å². The van der Waals surface area contributed by atoms with Crippen molar-refractivity contribution < 1.29 is 9.13 Å². The third-order valence-corrected chi connectivity index (χ3v) is 2.69. The van der Waals surface area contributed by atoms with Crippen LogP contribution < -0.4 is 4.74 Å². The molecule has 0 spiro atoms. The Morgan fingerprint density at radius 3 is 2.81 bits per heavy atom. The fraction of sp³-hybridized carbons (Fsp3) is 0.0833. The van der Waals surface area contributed by atoms with Crippen LogP contribution in [0.2, 0.25) is 0 Å². The van der Waals surface area contributed by atoms with Gasteiger partial charge >= 0.3 is 0 Å². The van der Waals surface area contributed by atoms with Gasteiger partial charge in [-0.1, -0.05) is 6.07 Å². The van der Waals surface area contributed by atoms with Crippen molar-refractivity contribution in [3.05, 3.63) is 52.4 Å². The van der Waals surface area contributed by atoms with Gasteiger partial charge in [-0.25, -0.2) is 9.37 Å². The smallest absolute Gasteiger partial charge is 0.233 e. The molecule has 0 aliphatic heterocycles. The average Bonchev–Trinajstić information content (AvgIpc) is 2.27. The molecule has 2 nitrogen and oxygen atoms in total. The minimum Gasteiger partial charge on any atom is -0.438 e. The van der Waals surface area contributed by atoms with Gasteiger partial charge in [0, 0.05) is 12.3 Å². The van der Waals surface area contributed by atoms with Crippen molar-refractivity contribution in [2.45, 2.75) is 6.92 Å². The molecule has 0 radical (unpaired) electrons. The van der Waals surface area contributed by atoms with Crippen LogP contribution in [0.15, 0.2) is 41.0 Å². The SMILES string of the molecule is Cc1ccc(Oc2ncccc2Br)cc1F. The first-order valence-corrected chi connectivity index (χ1v) is 5.50. The second kappa shape index (κ2) is 4.61. The summed E-state index contributed by atoms with van der Waals surface area (Å²) in [4.78, 5) is 4.03. The quantitative estimate of drug-likeness (QED) is 0.827. The summed E-state index contributed by atoms with van der Waals surface area (Å²) in [5, 5.41) is 0. The van der Waals surface area contributed by atoms with Crippen molar-refractivity contribution in [1.29, 1.82) is 0 Å². The molecule has 0 N–H and O–H groups in total. The fourth-order valence-corrected chi connectivity index (χ4v) is 1.53. The van der Waals surface area contributed by atoms with Crippen molar-refractivity contribution in [2.24, 2.45) is 0 Å². The number of ether oxygens (including phenoxy) is 1. The first-order valence-electron chi connectivity index (χ1n) is 4.71. The van der Waals surface area contributed by atoms with Gasteiger partial charge in [0.05, 0.1) is 4.47 Å². The molecular formula is C12H9BrFNO. The summed E-state index contributed by atoms with van der Waals surface area (Å²) in [5.74, 6) is 0.567. The molecule has 0 aliphatic rings. The van der Waals surface area contributed by atoms with E-state index in [1.807, 2.05) is 6.07 Å². The highest BCUT2D eigenvalue weighted by Gasteiger charge is 2.05. The lowest BCUT2D eigenvalue weighted by atomic mass is 10.2. The number of benzene rings is 1. The number of halogens is 2. The molecule has 0 saturated carbocycles. The zero-order valence-electron chi connectivity index (χ0n) is 8.58. The predicted octanol–water partition coefficient (Wildman–Crippen LogP) is 4.08. The van der Waals surface area contributed by atoms with Crippen LogP contribution >= 0.6 is 15.9 Å². The van der Waals surface area contributed by atoms with Crippen LogP contribution in [-0.2, 0) is 0 Å². The van der Waals surface area contributed by atoms with Crippen molar-refractivity contribution >= 4 is 15.9 Å². The van der Waals surface area contributed by atoms with Crippen molar-refractivity contribution in [3.8, 4) is 11.6 Å².